The molecule has 4 rings (SSSR count). The molecule has 1 amide bonds. The SMILES string of the molecule is O=C(c1ccnc2cc(F)cnc12)N1CCc2cc[nH]c(=O)c2C1. The third-order valence-electron chi connectivity index (χ3n) is 4.22. The summed E-state index contributed by atoms with van der Waals surface area (Å²) in [5.41, 5.74) is 2.44. The van der Waals surface area contributed by atoms with E-state index in [1.165, 1.54) is 12.3 Å². The maximum atomic E-state index is 13.3. The number of carbonyl (C=O) groups excluding carboxylic acids is 1. The molecule has 1 N–H and O–H groups in total. The number of nitrogens with one attached hydrogen (secondary N) is 1. The minimum Gasteiger partial charge on any atom is -0.334 e. The van der Waals surface area contributed by atoms with Crippen LogP contribution < -0.4 is 5.56 Å². The van der Waals surface area contributed by atoms with Crippen LogP contribution in [0.25, 0.3) is 11.0 Å². The summed E-state index contributed by atoms with van der Waals surface area (Å²) in [4.78, 5) is 37.1. The lowest BCUT2D eigenvalue weighted by molar-refractivity contribution is 0.0735. The van der Waals surface area contributed by atoms with Crippen LogP contribution in [-0.4, -0.2) is 32.3 Å². The van der Waals surface area contributed by atoms with Crippen LogP contribution in [0.1, 0.15) is 21.5 Å². The summed E-state index contributed by atoms with van der Waals surface area (Å²) < 4.78 is 13.3. The van der Waals surface area contributed by atoms with Crippen molar-refractivity contribution in [2.45, 2.75) is 13.0 Å². The van der Waals surface area contributed by atoms with Gasteiger partial charge < -0.3 is 9.88 Å². The highest BCUT2D eigenvalue weighted by atomic mass is 19.1. The lowest BCUT2D eigenvalue weighted by Gasteiger charge is -2.28. The second kappa shape index (κ2) is 5.52. The van der Waals surface area contributed by atoms with Crippen molar-refractivity contribution in [3.63, 3.8) is 0 Å². The average molecular weight is 324 g/mol. The van der Waals surface area contributed by atoms with Gasteiger partial charge in [0.1, 0.15) is 11.3 Å². The number of H-pyrrole nitrogens is 1. The maximum absolute atomic E-state index is 13.3. The zero-order valence-electron chi connectivity index (χ0n) is 12.6. The Morgan fingerprint density at radius 3 is 3.04 bits per heavy atom. The maximum Gasteiger partial charge on any atom is 0.256 e. The molecule has 0 atom stereocenters. The molecule has 0 bridgehead atoms. The Morgan fingerprint density at radius 2 is 2.17 bits per heavy atom. The first kappa shape index (κ1) is 14.5. The van der Waals surface area contributed by atoms with Gasteiger partial charge in [-0.05, 0) is 24.1 Å². The molecular formula is C17H13FN4O2. The molecule has 3 aromatic rings. The Labute approximate surface area is 136 Å². The average Bonchev–Trinajstić information content (AvgIpc) is 2.60. The molecule has 3 aromatic heterocycles. The van der Waals surface area contributed by atoms with Crippen molar-refractivity contribution in [3.05, 3.63) is 69.7 Å². The number of fused-ring (bicyclic) bond motifs is 2. The minimum atomic E-state index is -0.502. The lowest BCUT2D eigenvalue weighted by atomic mass is 10.0. The molecule has 0 saturated carbocycles. The van der Waals surface area contributed by atoms with Gasteiger partial charge in [-0.25, -0.2) is 4.39 Å². The lowest BCUT2D eigenvalue weighted by Crippen LogP contribution is -2.38. The van der Waals surface area contributed by atoms with Crippen molar-refractivity contribution >= 4 is 16.9 Å². The van der Waals surface area contributed by atoms with E-state index in [-0.39, 0.29) is 18.0 Å². The molecule has 1 aliphatic heterocycles. The smallest absolute Gasteiger partial charge is 0.256 e. The Kier molecular flexibility index (Phi) is 3.34. The van der Waals surface area contributed by atoms with E-state index < -0.39 is 5.82 Å². The predicted molar refractivity (Wildman–Crippen MR) is 85.0 cm³/mol. The first-order chi connectivity index (χ1) is 11.6. The van der Waals surface area contributed by atoms with Crippen LogP contribution in [0.3, 0.4) is 0 Å². The summed E-state index contributed by atoms with van der Waals surface area (Å²) in [7, 11) is 0. The Bertz CT molecular complexity index is 1010. The van der Waals surface area contributed by atoms with Crippen LogP contribution in [-0.2, 0) is 13.0 Å². The van der Waals surface area contributed by atoms with Crippen molar-refractivity contribution < 1.29 is 9.18 Å². The van der Waals surface area contributed by atoms with Crippen LogP contribution >= 0.6 is 0 Å². The first-order valence-electron chi connectivity index (χ1n) is 7.52. The zero-order chi connectivity index (χ0) is 16.7. The van der Waals surface area contributed by atoms with E-state index in [2.05, 4.69) is 15.0 Å². The molecule has 0 spiro atoms. The quantitative estimate of drug-likeness (QED) is 0.738. The third kappa shape index (κ3) is 2.34. The van der Waals surface area contributed by atoms with Gasteiger partial charge in [0, 0.05) is 30.6 Å². The molecule has 0 fully saturated rings. The monoisotopic (exact) mass is 324 g/mol. The highest BCUT2D eigenvalue weighted by Gasteiger charge is 2.25. The van der Waals surface area contributed by atoms with Gasteiger partial charge in [-0.15, -0.1) is 0 Å². The van der Waals surface area contributed by atoms with Crippen LogP contribution in [0.2, 0.25) is 0 Å². The number of aromatic nitrogens is 3. The highest BCUT2D eigenvalue weighted by molar-refractivity contribution is 6.04. The first-order valence-corrected chi connectivity index (χ1v) is 7.52. The molecule has 6 nitrogen and oxygen atoms in total. The molecule has 0 radical (unpaired) electrons. The second-order valence-electron chi connectivity index (χ2n) is 5.67. The summed E-state index contributed by atoms with van der Waals surface area (Å²) in [5.74, 6) is -0.742. The Morgan fingerprint density at radius 1 is 1.29 bits per heavy atom. The van der Waals surface area contributed by atoms with Gasteiger partial charge in [-0.3, -0.25) is 19.6 Å². The molecule has 120 valence electrons. The Balaban J connectivity index is 1.73. The van der Waals surface area contributed by atoms with Crippen LogP contribution in [0.15, 0.2) is 41.6 Å². The molecule has 0 aliphatic carbocycles. The van der Waals surface area contributed by atoms with Gasteiger partial charge >= 0.3 is 0 Å². The van der Waals surface area contributed by atoms with E-state index in [4.69, 9.17) is 0 Å². The van der Waals surface area contributed by atoms with Crippen molar-refractivity contribution in [3.8, 4) is 0 Å². The van der Waals surface area contributed by atoms with E-state index in [0.717, 1.165) is 11.8 Å². The normalized spacial score (nSPS) is 13.8. The van der Waals surface area contributed by atoms with Crippen LogP contribution in [0.4, 0.5) is 4.39 Å². The standard InChI is InChI=1S/C17H13FN4O2/c18-11-7-14-15(21-8-11)12(2-5-19-14)17(24)22-6-3-10-1-4-20-16(23)13(10)9-22/h1-2,4-5,7-8H,3,6,9H2,(H,20,23). The van der Waals surface area contributed by atoms with Gasteiger partial charge in [0.05, 0.1) is 23.8 Å². The molecule has 0 aromatic carbocycles. The minimum absolute atomic E-state index is 0.176. The van der Waals surface area contributed by atoms with E-state index in [0.29, 0.717) is 35.1 Å². The van der Waals surface area contributed by atoms with E-state index in [1.54, 1.807) is 17.2 Å². The number of pyridine rings is 3. The molecule has 24 heavy (non-hydrogen) atoms. The molecule has 0 saturated heterocycles. The molecule has 0 unspecified atom stereocenters. The van der Waals surface area contributed by atoms with Crippen molar-refractivity contribution in [1.29, 1.82) is 0 Å². The predicted octanol–water partition coefficient (Wildman–Crippen LogP) is 1.66. The number of nitrogens with zero attached hydrogens (tertiary/aromatic N) is 3. The van der Waals surface area contributed by atoms with E-state index in [1.807, 2.05) is 6.07 Å². The number of halogens is 1. The fourth-order valence-electron chi connectivity index (χ4n) is 3.01. The number of hydrogen-bond donors (Lipinski definition) is 1. The zero-order valence-corrected chi connectivity index (χ0v) is 12.6. The molecule has 7 heteroatoms. The van der Waals surface area contributed by atoms with Crippen molar-refractivity contribution in [2.75, 3.05) is 6.54 Å². The summed E-state index contributed by atoms with van der Waals surface area (Å²) >= 11 is 0. The second-order valence-corrected chi connectivity index (χ2v) is 5.67. The summed E-state index contributed by atoms with van der Waals surface area (Å²) in [5, 5.41) is 0. The van der Waals surface area contributed by atoms with Crippen molar-refractivity contribution in [1.82, 2.24) is 19.9 Å². The number of amides is 1. The van der Waals surface area contributed by atoms with Gasteiger partial charge in [0.25, 0.3) is 11.5 Å². The Hall–Kier alpha value is -3.09. The number of carbonyl (C=O) groups is 1. The summed E-state index contributed by atoms with van der Waals surface area (Å²) in [6.07, 6.45) is 4.77. The molecule has 1 aliphatic rings. The van der Waals surface area contributed by atoms with Gasteiger partial charge in [0.2, 0.25) is 0 Å². The topological polar surface area (TPSA) is 79.0 Å². The molecule has 4 heterocycles. The fraction of sp³-hybridized carbons (Fsp3) is 0.176. The number of hydrogen-bond acceptors (Lipinski definition) is 4. The number of aromatic amines is 1. The van der Waals surface area contributed by atoms with Gasteiger partial charge in [0.15, 0.2) is 0 Å². The van der Waals surface area contributed by atoms with Gasteiger partial charge in [-0.1, -0.05) is 0 Å². The van der Waals surface area contributed by atoms with Crippen LogP contribution in [0.5, 0.6) is 0 Å². The third-order valence-corrected chi connectivity index (χ3v) is 4.22. The van der Waals surface area contributed by atoms with Crippen molar-refractivity contribution in [2.24, 2.45) is 0 Å². The van der Waals surface area contributed by atoms with E-state index >= 15 is 0 Å². The van der Waals surface area contributed by atoms with Gasteiger partial charge in [-0.2, -0.15) is 0 Å². The number of rotatable bonds is 1. The highest BCUT2D eigenvalue weighted by Crippen LogP contribution is 2.21. The summed E-state index contributed by atoms with van der Waals surface area (Å²) in [6.45, 7) is 0.760. The largest absolute Gasteiger partial charge is 0.334 e. The fourth-order valence-corrected chi connectivity index (χ4v) is 3.01. The van der Waals surface area contributed by atoms with E-state index in [9.17, 15) is 14.0 Å². The summed E-state index contributed by atoms with van der Waals surface area (Å²) in [6, 6.07) is 4.68. The van der Waals surface area contributed by atoms with Crippen LogP contribution in [0, 0.1) is 5.82 Å². The molecular weight excluding hydrogens is 311 g/mol.